The fourth-order valence-corrected chi connectivity index (χ4v) is 3.93. The van der Waals surface area contributed by atoms with Crippen molar-refractivity contribution >= 4 is 35.3 Å². The summed E-state index contributed by atoms with van der Waals surface area (Å²) >= 11 is 1.41. The minimum atomic E-state index is -0.170. The second kappa shape index (κ2) is 8.37. The number of hydrogen-bond acceptors (Lipinski definition) is 3. The lowest BCUT2D eigenvalue weighted by atomic mass is 10.1. The van der Waals surface area contributed by atoms with Crippen LogP contribution in [-0.4, -0.2) is 11.8 Å². The van der Waals surface area contributed by atoms with Gasteiger partial charge in [0.05, 0.1) is 10.6 Å². The van der Waals surface area contributed by atoms with Gasteiger partial charge in [-0.3, -0.25) is 9.59 Å². The highest BCUT2D eigenvalue weighted by Gasteiger charge is 2.22. The Balaban J connectivity index is 1.48. The Labute approximate surface area is 174 Å². The summed E-state index contributed by atoms with van der Waals surface area (Å²) in [5, 5.41) is 5.81. The van der Waals surface area contributed by atoms with Crippen molar-refractivity contribution in [2.24, 2.45) is 0 Å². The van der Waals surface area contributed by atoms with Gasteiger partial charge in [-0.1, -0.05) is 71.9 Å². The first-order chi connectivity index (χ1) is 14.1. The van der Waals surface area contributed by atoms with E-state index in [1.807, 2.05) is 73.7 Å². The molecule has 0 spiro atoms. The summed E-state index contributed by atoms with van der Waals surface area (Å²) in [7, 11) is 0. The number of hydrogen-bond donors (Lipinski definition) is 2. The molecule has 3 aromatic rings. The summed E-state index contributed by atoms with van der Waals surface area (Å²) in [6.45, 7) is 2.49. The number of carbonyl (C=O) groups excluding carboxylic acids is 2. The molecule has 29 heavy (non-hydrogen) atoms. The molecule has 0 atom stereocenters. The van der Waals surface area contributed by atoms with Gasteiger partial charge in [-0.05, 0) is 42.3 Å². The molecule has 0 unspecified atom stereocenters. The van der Waals surface area contributed by atoms with Gasteiger partial charge in [-0.15, -0.1) is 0 Å². The monoisotopic (exact) mass is 400 g/mol. The molecule has 0 saturated carbocycles. The van der Waals surface area contributed by atoms with Gasteiger partial charge in [0.2, 0.25) is 0 Å². The van der Waals surface area contributed by atoms with Crippen LogP contribution in [0.15, 0.2) is 82.6 Å². The van der Waals surface area contributed by atoms with E-state index in [0.717, 1.165) is 16.0 Å². The van der Waals surface area contributed by atoms with E-state index in [2.05, 4.69) is 10.6 Å². The zero-order valence-corrected chi connectivity index (χ0v) is 16.8. The Morgan fingerprint density at radius 3 is 2.55 bits per heavy atom. The maximum atomic E-state index is 12.5. The van der Waals surface area contributed by atoms with Crippen LogP contribution < -0.4 is 10.6 Å². The van der Waals surface area contributed by atoms with Crippen molar-refractivity contribution in [1.82, 2.24) is 5.32 Å². The molecule has 5 heteroatoms. The van der Waals surface area contributed by atoms with Crippen molar-refractivity contribution < 1.29 is 9.59 Å². The van der Waals surface area contributed by atoms with Gasteiger partial charge < -0.3 is 10.6 Å². The van der Waals surface area contributed by atoms with E-state index in [4.69, 9.17) is 0 Å². The molecule has 4 rings (SSSR count). The number of nitrogens with one attached hydrogen (secondary N) is 2. The highest BCUT2D eigenvalue weighted by atomic mass is 32.2. The minimum absolute atomic E-state index is 0.162. The fraction of sp³-hybridized carbons (Fsp3) is 0.0833. The zero-order chi connectivity index (χ0) is 20.2. The Morgan fingerprint density at radius 1 is 1.03 bits per heavy atom. The molecule has 1 aliphatic rings. The topological polar surface area (TPSA) is 58.2 Å². The van der Waals surface area contributed by atoms with Crippen LogP contribution in [0.4, 0.5) is 5.69 Å². The summed E-state index contributed by atoms with van der Waals surface area (Å²) in [4.78, 5) is 26.5. The van der Waals surface area contributed by atoms with E-state index in [0.29, 0.717) is 22.7 Å². The van der Waals surface area contributed by atoms with Gasteiger partial charge in [-0.25, -0.2) is 0 Å². The first kappa shape index (κ1) is 19.0. The van der Waals surface area contributed by atoms with Crippen LogP contribution in [0.25, 0.3) is 6.08 Å². The third-order valence-corrected chi connectivity index (χ3v) is 5.70. The van der Waals surface area contributed by atoms with Crippen LogP contribution in [0.5, 0.6) is 0 Å². The summed E-state index contributed by atoms with van der Waals surface area (Å²) in [6, 6.07) is 23.2. The van der Waals surface area contributed by atoms with Gasteiger partial charge in [0.25, 0.3) is 11.8 Å². The summed E-state index contributed by atoms with van der Waals surface area (Å²) < 4.78 is 0. The number of carbonyl (C=O) groups is 2. The average molecular weight is 401 g/mol. The maximum absolute atomic E-state index is 12.5. The van der Waals surface area contributed by atoms with Crippen molar-refractivity contribution in [3.05, 3.63) is 100.0 Å². The Kier molecular flexibility index (Phi) is 5.49. The average Bonchev–Trinajstić information content (AvgIpc) is 2.74. The van der Waals surface area contributed by atoms with Crippen LogP contribution >= 0.6 is 11.8 Å². The van der Waals surface area contributed by atoms with Gasteiger partial charge in [0, 0.05) is 17.0 Å². The number of rotatable bonds is 4. The Morgan fingerprint density at radius 2 is 1.79 bits per heavy atom. The molecular weight excluding hydrogens is 380 g/mol. The molecule has 4 nitrogen and oxygen atoms in total. The van der Waals surface area contributed by atoms with Crippen LogP contribution in [0.3, 0.4) is 0 Å². The molecular formula is C24H20N2O2S. The molecule has 0 aromatic heterocycles. The van der Waals surface area contributed by atoms with Crippen LogP contribution in [0.2, 0.25) is 0 Å². The molecule has 1 aliphatic heterocycles. The molecule has 0 fully saturated rings. The van der Waals surface area contributed by atoms with E-state index in [9.17, 15) is 9.59 Å². The number of amides is 2. The smallest absolute Gasteiger partial charge is 0.262 e. The second-order valence-corrected chi connectivity index (χ2v) is 7.94. The van der Waals surface area contributed by atoms with E-state index < -0.39 is 0 Å². The van der Waals surface area contributed by atoms with Crippen molar-refractivity contribution in [3.63, 3.8) is 0 Å². The van der Waals surface area contributed by atoms with Crippen LogP contribution in [-0.2, 0) is 11.3 Å². The highest BCUT2D eigenvalue weighted by Crippen LogP contribution is 2.39. The SMILES string of the molecule is Cc1ccc(C=C2Sc3ccc(C(=O)NCc4ccccc4)cc3NC2=O)cc1. The number of thioether (sulfide) groups is 1. The van der Waals surface area contributed by atoms with Gasteiger partial charge in [0.1, 0.15) is 0 Å². The van der Waals surface area contributed by atoms with E-state index >= 15 is 0 Å². The zero-order valence-electron chi connectivity index (χ0n) is 15.9. The second-order valence-electron chi connectivity index (χ2n) is 6.85. The minimum Gasteiger partial charge on any atom is -0.348 e. The molecule has 1 heterocycles. The summed E-state index contributed by atoms with van der Waals surface area (Å²) in [5.74, 6) is -0.332. The normalized spacial score (nSPS) is 14.2. The number of anilines is 1. The first-order valence-electron chi connectivity index (χ1n) is 9.32. The highest BCUT2D eigenvalue weighted by molar-refractivity contribution is 8.04. The predicted octanol–water partition coefficient (Wildman–Crippen LogP) is 5.01. The van der Waals surface area contributed by atoms with Crippen molar-refractivity contribution in [2.45, 2.75) is 18.4 Å². The summed E-state index contributed by atoms with van der Waals surface area (Å²) in [6.07, 6.45) is 1.88. The molecule has 2 N–H and O–H groups in total. The molecule has 0 aliphatic carbocycles. The van der Waals surface area contributed by atoms with E-state index in [1.54, 1.807) is 12.1 Å². The summed E-state index contributed by atoms with van der Waals surface area (Å²) in [5.41, 5.74) is 4.37. The van der Waals surface area contributed by atoms with Crippen molar-refractivity contribution in [2.75, 3.05) is 5.32 Å². The number of benzene rings is 3. The van der Waals surface area contributed by atoms with E-state index in [-0.39, 0.29) is 11.8 Å². The Hall–Kier alpha value is -3.31. The molecule has 2 amide bonds. The molecule has 144 valence electrons. The quantitative estimate of drug-likeness (QED) is 0.605. The lowest BCUT2D eigenvalue weighted by molar-refractivity contribution is -0.112. The van der Waals surface area contributed by atoms with Crippen molar-refractivity contribution in [3.8, 4) is 0 Å². The third-order valence-electron chi connectivity index (χ3n) is 4.60. The van der Waals surface area contributed by atoms with Gasteiger partial charge >= 0.3 is 0 Å². The van der Waals surface area contributed by atoms with Gasteiger partial charge in [-0.2, -0.15) is 0 Å². The predicted molar refractivity (Wildman–Crippen MR) is 118 cm³/mol. The third kappa shape index (κ3) is 4.58. The van der Waals surface area contributed by atoms with Gasteiger partial charge in [0.15, 0.2) is 0 Å². The van der Waals surface area contributed by atoms with Crippen LogP contribution in [0.1, 0.15) is 27.0 Å². The standard InChI is InChI=1S/C24H20N2O2S/c1-16-7-9-17(10-8-16)13-22-24(28)26-20-14-19(11-12-21(20)29-22)23(27)25-15-18-5-3-2-4-6-18/h2-14H,15H2,1H3,(H,25,27)(H,26,28). The lowest BCUT2D eigenvalue weighted by Gasteiger charge is -2.19. The van der Waals surface area contributed by atoms with E-state index in [1.165, 1.54) is 17.3 Å². The van der Waals surface area contributed by atoms with Crippen molar-refractivity contribution in [1.29, 1.82) is 0 Å². The molecule has 0 saturated heterocycles. The fourth-order valence-electron chi connectivity index (χ4n) is 3.00. The maximum Gasteiger partial charge on any atom is 0.262 e. The lowest BCUT2D eigenvalue weighted by Crippen LogP contribution is -2.23. The molecule has 0 radical (unpaired) electrons. The molecule has 3 aromatic carbocycles. The Bertz CT molecular complexity index is 1090. The number of fused-ring (bicyclic) bond motifs is 1. The number of aryl methyl sites for hydroxylation is 1. The first-order valence-corrected chi connectivity index (χ1v) is 10.1. The molecule has 0 bridgehead atoms. The largest absolute Gasteiger partial charge is 0.348 e. The van der Waals surface area contributed by atoms with Crippen LogP contribution in [0, 0.1) is 6.92 Å².